The average Bonchev–Trinajstić information content (AvgIpc) is 2.54. The first kappa shape index (κ1) is 16.8. The SMILES string of the molecule is CCc1cccc(CC)c1NC(=O)CSc1ncccc1Cl. The van der Waals surface area contributed by atoms with Crippen molar-refractivity contribution < 1.29 is 4.79 Å². The Morgan fingerprint density at radius 1 is 1.18 bits per heavy atom. The van der Waals surface area contributed by atoms with Crippen LogP contribution in [0.3, 0.4) is 0 Å². The zero-order chi connectivity index (χ0) is 15.9. The van der Waals surface area contributed by atoms with E-state index in [-0.39, 0.29) is 11.7 Å². The Labute approximate surface area is 140 Å². The fraction of sp³-hybridized carbons (Fsp3) is 0.294. The van der Waals surface area contributed by atoms with Crippen LogP contribution in [0.1, 0.15) is 25.0 Å². The number of nitrogens with one attached hydrogen (secondary N) is 1. The molecule has 3 nitrogen and oxygen atoms in total. The molecule has 0 bridgehead atoms. The van der Waals surface area contributed by atoms with Gasteiger partial charge in [-0.1, -0.05) is 55.4 Å². The number of aromatic nitrogens is 1. The highest BCUT2D eigenvalue weighted by Crippen LogP contribution is 2.26. The summed E-state index contributed by atoms with van der Waals surface area (Å²) in [5.74, 6) is 0.250. The third kappa shape index (κ3) is 4.24. The molecule has 0 aliphatic rings. The van der Waals surface area contributed by atoms with E-state index in [2.05, 4.69) is 36.3 Å². The zero-order valence-electron chi connectivity index (χ0n) is 12.7. The normalized spacial score (nSPS) is 10.5. The number of anilines is 1. The van der Waals surface area contributed by atoms with E-state index in [1.165, 1.54) is 11.8 Å². The molecule has 2 rings (SSSR count). The van der Waals surface area contributed by atoms with Crippen molar-refractivity contribution in [3.05, 3.63) is 52.7 Å². The summed E-state index contributed by atoms with van der Waals surface area (Å²) < 4.78 is 0. The number of rotatable bonds is 6. The van der Waals surface area contributed by atoms with Gasteiger partial charge in [0.15, 0.2) is 0 Å². The van der Waals surface area contributed by atoms with Crippen LogP contribution in [0.25, 0.3) is 0 Å². The molecule has 0 fully saturated rings. The summed E-state index contributed by atoms with van der Waals surface area (Å²) in [4.78, 5) is 16.4. The maximum atomic E-state index is 12.2. The number of halogens is 1. The van der Waals surface area contributed by atoms with E-state index in [1.807, 2.05) is 6.07 Å². The average molecular weight is 335 g/mol. The molecule has 0 radical (unpaired) electrons. The smallest absolute Gasteiger partial charge is 0.234 e. The van der Waals surface area contributed by atoms with Crippen molar-refractivity contribution in [3.63, 3.8) is 0 Å². The molecule has 1 amide bonds. The van der Waals surface area contributed by atoms with Crippen molar-refractivity contribution in [3.8, 4) is 0 Å². The number of amides is 1. The highest BCUT2D eigenvalue weighted by atomic mass is 35.5. The summed E-state index contributed by atoms with van der Waals surface area (Å²) in [7, 11) is 0. The van der Waals surface area contributed by atoms with E-state index < -0.39 is 0 Å². The molecular formula is C17H19ClN2OS. The van der Waals surface area contributed by atoms with Crippen LogP contribution in [0.5, 0.6) is 0 Å². The largest absolute Gasteiger partial charge is 0.325 e. The molecular weight excluding hydrogens is 316 g/mol. The Bertz CT molecular complexity index is 639. The molecule has 0 aliphatic carbocycles. The van der Waals surface area contributed by atoms with Crippen LogP contribution in [0.15, 0.2) is 41.6 Å². The van der Waals surface area contributed by atoms with E-state index >= 15 is 0 Å². The molecule has 0 atom stereocenters. The van der Waals surface area contributed by atoms with Gasteiger partial charge in [-0.15, -0.1) is 0 Å². The van der Waals surface area contributed by atoms with E-state index in [4.69, 9.17) is 11.6 Å². The van der Waals surface area contributed by atoms with Crippen LogP contribution in [0.2, 0.25) is 5.02 Å². The highest BCUT2D eigenvalue weighted by molar-refractivity contribution is 8.00. The van der Waals surface area contributed by atoms with Crippen LogP contribution in [-0.4, -0.2) is 16.6 Å². The summed E-state index contributed by atoms with van der Waals surface area (Å²) in [5.41, 5.74) is 3.27. The minimum atomic E-state index is -0.0395. The predicted molar refractivity (Wildman–Crippen MR) is 93.8 cm³/mol. The van der Waals surface area contributed by atoms with E-state index in [0.29, 0.717) is 10.0 Å². The fourth-order valence-electron chi connectivity index (χ4n) is 2.19. The van der Waals surface area contributed by atoms with Gasteiger partial charge in [-0.3, -0.25) is 4.79 Å². The molecule has 0 saturated carbocycles. The molecule has 0 saturated heterocycles. The molecule has 1 aromatic carbocycles. The molecule has 5 heteroatoms. The number of pyridine rings is 1. The second-order valence-corrected chi connectivity index (χ2v) is 6.16. The van der Waals surface area contributed by atoms with E-state index in [1.54, 1.807) is 18.3 Å². The number of nitrogens with zero attached hydrogens (tertiary/aromatic N) is 1. The van der Waals surface area contributed by atoms with Crippen molar-refractivity contribution >= 4 is 35.0 Å². The second kappa shape index (κ2) is 8.20. The number of hydrogen-bond donors (Lipinski definition) is 1. The van der Waals surface area contributed by atoms with Gasteiger partial charge < -0.3 is 5.32 Å². The first-order valence-electron chi connectivity index (χ1n) is 7.29. The van der Waals surface area contributed by atoms with Crippen molar-refractivity contribution in [2.45, 2.75) is 31.7 Å². The third-order valence-electron chi connectivity index (χ3n) is 3.33. The second-order valence-electron chi connectivity index (χ2n) is 4.79. The number of benzene rings is 1. The van der Waals surface area contributed by atoms with Crippen molar-refractivity contribution in [1.29, 1.82) is 0 Å². The number of para-hydroxylation sites is 1. The van der Waals surface area contributed by atoms with Gasteiger partial charge in [-0.05, 0) is 36.1 Å². The van der Waals surface area contributed by atoms with Crippen LogP contribution in [0.4, 0.5) is 5.69 Å². The lowest BCUT2D eigenvalue weighted by atomic mass is 10.0. The lowest BCUT2D eigenvalue weighted by Gasteiger charge is -2.14. The van der Waals surface area contributed by atoms with Gasteiger partial charge in [-0.2, -0.15) is 0 Å². The minimum absolute atomic E-state index is 0.0395. The first-order valence-corrected chi connectivity index (χ1v) is 8.66. The maximum Gasteiger partial charge on any atom is 0.234 e. The van der Waals surface area contributed by atoms with Gasteiger partial charge in [0.25, 0.3) is 0 Å². The maximum absolute atomic E-state index is 12.2. The number of carbonyl (C=O) groups is 1. The molecule has 1 heterocycles. The number of hydrogen-bond acceptors (Lipinski definition) is 3. The topological polar surface area (TPSA) is 42.0 Å². The summed E-state index contributed by atoms with van der Waals surface area (Å²) in [6.45, 7) is 4.18. The van der Waals surface area contributed by atoms with Crippen molar-refractivity contribution in [1.82, 2.24) is 4.98 Å². The summed E-state index contributed by atoms with van der Waals surface area (Å²) in [6, 6.07) is 9.69. The molecule has 1 aromatic heterocycles. The molecule has 0 spiro atoms. The number of carbonyl (C=O) groups excluding carboxylic acids is 1. The van der Waals surface area contributed by atoms with Crippen LogP contribution < -0.4 is 5.32 Å². The van der Waals surface area contributed by atoms with Gasteiger partial charge in [0.1, 0.15) is 5.03 Å². The Morgan fingerprint density at radius 2 is 1.86 bits per heavy atom. The lowest BCUT2D eigenvalue weighted by Crippen LogP contribution is -2.16. The molecule has 116 valence electrons. The minimum Gasteiger partial charge on any atom is -0.325 e. The van der Waals surface area contributed by atoms with Crippen molar-refractivity contribution in [2.24, 2.45) is 0 Å². The monoisotopic (exact) mass is 334 g/mol. The first-order chi connectivity index (χ1) is 10.7. The van der Waals surface area contributed by atoms with E-state index in [9.17, 15) is 4.79 Å². The highest BCUT2D eigenvalue weighted by Gasteiger charge is 2.11. The summed E-state index contributed by atoms with van der Waals surface area (Å²) in [5, 5.41) is 4.29. The zero-order valence-corrected chi connectivity index (χ0v) is 14.3. The Hall–Kier alpha value is -1.52. The fourth-order valence-corrected chi connectivity index (χ4v) is 3.16. The Morgan fingerprint density at radius 3 is 2.45 bits per heavy atom. The predicted octanol–water partition coefficient (Wildman–Crippen LogP) is 4.59. The number of aryl methyl sites for hydroxylation is 2. The standard InChI is InChI=1S/C17H19ClN2OS/c1-3-12-7-5-8-13(4-2)16(12)20-15(21)11-22-17-14(18)9-6-10-19-17/h5-10H,3-4,11H2,1-2H3,(H,20,21). The molecule has 0 unspecified atom stereocenters. The van der Waals surface area contributed by atoms with E-state index in [0.717, 1.165) is 29.7 Å². The summed E-state index contributed by atoms with van der Waals surface area (Å²) >= 11 is 7.39. The van der Waals surface area contributed by atoms with Gasteiger partial charge >= 0.3 is 0 Å². The van der Waals surface area contributed by atoms with Gasteiger partial charge in [0.05, 0.1) is 10.8 Å². The Kier molecular flexibility index (Phi) is 6.28. The van der Waals surface area contributed by atoms with Crippen LogP contribution in [-0.2, 0) is 17.6 Å². The van der Waals surface area contributed by atoms with Crippen molar-refractivity contribution in [2.75, 3.05) is 11.1 Å². The third-order valence-corrected chi connectivity index (χ3v) is 4.75. The molecule has 1 N–H and O–H groups in total. The van der Waals surface area contributed by atoms with Crippen LogP contribution in [0, 0.1) is 0 Å². The summed E-state index contributed by atoms with van der Waals surface area (Å²) in [6.07, 6.45) is 3.46. The quantitative estimate of drug-likeness (QED) is 0.785. The van der Waals surface area contributed by atoms with Crippen LogP contribution >= 0.6 is 23.4 Å². The van der Waals surface area contributed by atoms with Gasteiger partial charge in [0, 0.05) is 11.9 Å². The van der Waals surface area contributed by atoms with Gasteiger partial charge in [-0.25, -0.2) is 4.98 Å². The lowest BCUT2D eigenvalue weighted by molar-refractivity contribution is -0.113. The van der Waals surface area contributed by atoms with Gasteiger partial charge in [0.2, 0.25) is 5.91 Å². The molecule has 22 heavy (non-hydrogen) atoms. The molecule has 0 aliphatic heterocycles. The number of thioether (sulfide) groups is 1. The molecule has 2 aromatic rings. The Balaban J connectivity index is 2.05.